The summed E-state index contributed by atoms with van der Waals surface area (Å²) in [5.74, 6) is -0.514. The number of carbonyl (C=O) groups excluding carboxylic acids is 1. The smallest absolute Gasteiger partial charge is 0.244 e. The number of carbonyl (C=O) groups is 1. The lowest BCUT2D eigenvalue weighted by atomic mass is 10.1. The van der Waals surface area contributed by atoms with Gasteiger partial charge in [-0.2, -0.15) is 16.5 Å². The molecule has 0 aliphatic carbocycles. The van der Waals surface area contributed by atoms with Gasteiger partial charge in [-0.1, -0.05) is 42.5 Å². The van der Waals surface area contributed by atoms with Crippen LogP contribution in [-0.2, 0) is 26.2 Å². The van der Waals surface area contributed by atoms with Gasteiger partial charge in [0.1, 0.15) is 16.8 Å². The molecule has 1 heterocycles. The number of hydrogen-bond donors (Lipinski definition) is 1. The SMILES string of the molecule is CSCCC(NS(=O)(=O)c1ccccc1F)C(=O)N1CCC(OCc2ccccc2)CC1. The predicted molar refractivity (Wildman–Crippen MR) is 124 cm³/mol. The lowest BCUT2D eigenvalue weighted by Crippen LogP contribution is -2.51. The number of benzene rings is 2. The Morgan fingerprint density at radius 3 is 2.47 bits per heavy atom. The van der Waals surface area contributed by atoms with Gasteiger partial charge in [0.25, 0.3) is 0 Å². The first-order chi connectivity index (χ1) is 15.4. The van der Waals surface area contributed by atoms with Crippen molar-refractivity contribution in [1.82, 2.24) is 9.62 Å². The maximum absolute atomic E-state index is 14.0. The molecule has 2 aromatic rings. The van der Waals surface area contributed by atoms with Gasteiger partial charge in [0, 0.05) is 13.1 Å². The van der Waals surface area contributed by atoms with E-state index in [1.165, 1.54) is 30.0 Å². The van der Waals surface area contributed by atoms with Crippen LogP contribution in [0.4, 0.5) is 4.39 Å². The second-order valence-electron chi connectivity index (χ2n) is 7.71. The molecule has 1 atom stereocenters. The third kappa shape index (κ3) is 6.78. The Hall–Kier alpha value is -1.94. The van der Waals surface area contributed by atoms with Gasteiger partial charge in [-0.05, 0) is 49.0 Å². The van der Waals surface area contributed by atoms with Crippen LogP contribution in [0.1, 0.15) is 24.8 Å². The number of halogens is 1. The second-order valence-corrected chi connectivity index (χ2v) is 10.4. The van der Waals surface area contributed by atoms with Crippen LogP contribution in [0.5, 0.6) is 0 Å². The van der Waals surface area contributed by atoms with Crippen molar-refractivity contribution in [1.29, 1.82) is 0 Å². The maximum Gasteiger partial charge on any atom is 0.244 e. The Balaban J connectivity index is 1.59. The van der Waals surface area contributed by atoms with E-state index in [1.54, 1.807) is 4.90 Å². The number of rotatable bonds is 10. The van der Waals surface area contributed by atoms with E-state index in [2.05, 4.69) is 4.72 Å². The molecule has 3 rings (SSSR count). The van der Waals surface area contributed by atoms with Gasteiger partial charge in [0.05, 0.1) is 12.7 Å². The minimum absolute atomic E-state index is 0.0546. The topological polar surface area (TPSA) is 75.7 Å². The van der Waals surface area contributed by atoms with Crippen molar-refractivity contribution in [2.24, 2.45) is 0 Å². The van der Waals surface area contributed by atoms with Crippen LogP contribution in [0.3, 0.4) is 0 Å². The van der Waals surface area contributed by atoms with Gasteiger partial charge in [-0.3, -0.25) is 4.79 Å². The molecule has 1 unspecified atom stereocenters. The number of amides is 1. The van der Waals surface area contributed by atoms with Gasteiger partial charge >= 0.3 is 0 Å². The highest BCUT2D eigenvalue weighted by molar-refractivity contribution is 7.98. The van der Waals surface area contributed by atoms with Crippen molar-refractivity contribution in [2.45, 2.75) is 42.9 Å². The fourth-order valence-electron chi connectivity index (χ4n) is 3.63. The lowest BCUT2D eigenvalue weighted by molar-refractivity contribution is -0.135. The molecule has 1 N–H and O–H groups in total. The van der Waals surface area contributed by atoms with Crippen molar-refractivity contribution in [3.63, 3.8) is 0 Å². The van der Waals surface area contributed by atoms with Crippen LogP contribution in [0, 0.1) is 5.82 Å². The fraction of sp³-hybridized carbons (Fsp3) is 0.435. The van der Waals surface area contributed by atoms with Crippen LogP contribution in [0.2, 0.25) is 0 Å². The lowest BCUT2D eigenvalue weighted by Gasteiger charge is -2.34. The van der Waals surface area contributed by atoms with Crippen LogP contribution in [0.15, 0.2) is 59.5 Å². The zero-order chi connectivity index (χ0) is 23.0. The summed E-state index contributed by atoms with van der Waals surface area (Å²) in [5, 5.41) is 0. The first-order valence-corrected chi connectivity index (χ1v) is 13.5. The van der Waals surface area contributed by atoms with Gasteiger partial charge in [-0.15, -0.1) is 0 Å². The van der Waals surface area contributed by atoms with Gasteiger partial charge in [0.15, 0.2) is 0 Å². The van der Waals surface area contributed by atoms with Crippen molar-refractivity contribution in [3.8, 4) is 0 Å². The summed E-state index contributed by atoms with van der Waals surface area (Å²) in [5.41, 5.74) is 1.10. The van der Waals surface area contributed by atoms with Crippen LogP contribution >= 0.6 is 11.8 Å². The summed E-state index contributed by atoms with van der Waals surface area (Å²) in [7, 11) is -4.16. The average Bonchev–Trinajstić information content (AvgIpc) is 2.81. The normalized spacial score (nSPS) is 16.1. The molecular weight excluding hydrogens is 451 g/mol. The molecule has 1 fully saturated rings. The highest BCUT2D eigenvalue weighted by Crippen LogP contribution is 2.19. The third-order valence-corrected chi connectivity index (χ3v) is 7.56. The molecule has 32 heavy (non-hydrogen) atoms. The number of nitrogens with one attached hydrogen (secondary N) is 1. The predicted octanol–water partition coefficient (Wildman–Crippen LogP) is 3.43. The molecule has 0 aromatic heterocycles. The summed E-state index contributed by atoms with van der Waals surface area (Å²) in [6.45, 7) is 1.52. The summed E-state index contributed by atoms with van der Waals surface area (Å²) in [6, 6.07) is 14.2. The Bertz CT molecular complexity index is 981. The zero-order valence-electron chi connectivity index (χ0n) is 18.1. The van der Waals surface area contributed by atoms with Crippen molar-refractivity contribution in [2.75, 3.05) is 25.1 Å². The average molecular weight is 481 g/mol. The van der Waals surface area contributed by atoms with E-state index >= 15 is 0 Å². The zero-order valence-corrected chi connectivity index (χ0v) is 19.7. The molecule has 1 saturated heterocycles. The van der Waals surface area contributed by atoms with E-state index in [0.717, 1.165) is 11.6 Å². The summed E-state index contributed by atoms with van der Waals surface area (Å²) in [4.78, 5) is 14.4. The number of nitrogens with zero attached hydrogens (tertiary/aromatic N) is 1. The molecular formula is C23H29FN2O4S2. The number of hydrogen-bond acceptors (Lipinski definition) is 5. The molecule has 6 nitrogen and oxygen atoms in total. The Labute approximate surface area is 193 Å². The summed E-state index contributed by atoms with van der Waals surface area (Å²) in [6.07, 6.45) is 3.65. The van der Waals surface area contributed by atoms with E-state index < -0.39 is 26.8 Å². The Morgan fingerprint density at radius 2 is 1.81 bits per heavy atom. The van der Waals surface area contributed by atoms with Gasteiger partial charge < -0.3 is 9.64 Å². The number of likely N-dealkylation sites (tertiary alicyclic amines) is 1. The molecule has 9 heteroatoms. The largest absolute Gasteiger partial charge is 0.373 e. The molecule has 0 radical (unpaired) electrons. The monoisotopic (exact) mass is 480 g/mol. The summed E-state index contributed by atoms with van der Waals surface area (Å²) >= 11 is 1.52. The number of thioether (sulfide) groups is 1. The van der Waals surface area contributed by atoms with Crippen LogP contribution in [-0.4, -0.2) is 56.5 Å². The second kappa shape index (κ2) is 11.8. The third-order valence-electron chi connectivity index (χ3n) is 5.41. The number of sulfonamides is 1. The van der Waals surface area contributed by atoms with Crippen molar-refractivity contribution < 1.29 is 22.3 Å². The van der Waals surface area contributed by atoms with Crippen LogP contribution in [0.25, 0.3) is 0 Å². The molecule has 2 aromatic carbocycles. The molecule has 1 amide bonds. The molecule has 0 saturated carbocycles. The number of ether oxygens (including phenoxy) is 1. The standard InChI is InChI=1S/C23H29FN2O4S2/c1-31-16-13-21(25-32(28,29)22-10-6-5-9-20(22)24)23(27)26-14-11-19(12-15-26)30-17-18-7-3-2-4-8-18/h2-10,19,21,25H,11-17H2,1H3. The molecule has 1 aliphatic heterocycles. The molecule has 174 valence electrons. The number of piperidine rings is 1. The fourth-order valence-corrected chi connectivity index (χ4v) is 5.41. The first kappa shape index (κ1) is 24.7. The minimum Gasteiger partial charge on any atom is -0.373 e. The van der Waals surface area contributed by atoms with E-state index in [0.29, 0.717) is 44.7 Å². The maximum atomic E-state index is 14.0. The molecule has 0 spiro atoms. The Kier molecular flexibility index (Phi) is 9.10. The van der Waals surface area contributed by atoms with Gasteiger partial charge in [-0.25, -0.2) is 12.8 Å². The summed E-state index contributed by atoms with van der Waals surface area (Å²) < 4.78 is 47.9. The quantitative estimate of drug-likeness (QED) is 0.564. The van der Waals surface area contributed by atoms with Crippen molar-refractivity contribution >= 4 is 27.7 Å². The minimum atomic E-state index is -4.16. The molecule has 1 aliphatic rings. The highest BCUT2D eigenvalue weighted by Gasteiger charge is 2.32. The van der Waals surface area contributed by atoms with E-state index in [1.807, 2.05) is 36.6 Å². The van der Waals surface area contributed by atoms with E-state index in [4.69, 9.17) is 4.74 Å². The Morgan fingerprint density at radius 1 is 1.16 bits per heavy atom. The van der Waals surface area contributed by atoms with E-state index in [9.17, 15) is 17.6 Å². The van der Waals surface area contributed by atoms with Crippen LogP contribution < -0.4 is 4.72 Å². The van der Waals surface area contributed by atoms with Gasteiger partial charge in [0.2, 0.25) is 15.9 Å². The van der Waals surface area contributed by atoms with Crippen molar-refractivity contribution in [3.05, 3.63) is 66.0 Å². The van der Waals surface area contributed by atoms with E-state index in [-0.39, 0.29) is 12.0 Å². The first-order valence-electron chi connectivity index (χ1n) is 10.6. The highest BCUT2D eigenvalue weighted by atomic mass is 32.2. The molecule has 0 bridgehead atoms.